The molecule has 1 aromatic heterocycles. The molecular formula is C18H31N5S. The van der Waals surface area contributed by atoms with Gasteiger partial charge >= 0.3 is 0 Å². The van der Waals surface area contributed by atoms with Gasteiger partial charge in [-0.25, -0.2) is 0 Å². The molecule has 1 saturated carbocycles. The van der Waals surface area contributed by atoms with E-state index < -0.39 is 0 Å². The fourth-order valence-corrected chi connectivity index (χ4v) is 5.37. The predicted molar refractivity (Wildman–Crippen MR) is 103 cm³/mol. The second-order valence-corrected chi connectivity index (χ2v) is 8.43. The molecule has 2 fully saturated rings. The minimum Gasteiger partial charge on any atom is -0.357 e. The van der Waals surface area contributed by atoms with Gasteiger partial charge in [-0.1, -0.05) is 19.3 Å². The molecule has 5 nitrogen and oxygen atoms in total. The number of aromatic nitrogens is 2. The lowest BCUT2D eigenvalue weighted by molar-refractivity contribution is 0.293. The van der Waals surface area contributed by atoms with Gasteiger partial charge in [0, 0.05) is 55.6 Å². The Morgan fingerprint density at radius 3 is 2.96 bits per heavy atom. The van der Waals surface area contributed by atoms with Crippen LogP contribution < -0.4 is 5.32 Å². The monoisotopic (exact) mass is 349 g/mol. The van der Waals surface area contributed by atoms with Crippen LogP contribution in [0.5, 0.6) is 0 Å². The van der Waals surface area contributed by atoms with Gasteiger partial charge in [-0.2, -0.15) is 16.9 Å². The number of aryl methyl sites for hydroxylation is 1. The van der Waals surface area contributed by atoms with Crippen molar-refractivity contribution in [3.05, 3.63) is 18.5 Å². The van der Waals surface area contributed by atoms with Crippen molar-refractivity contribution in [3.63, 3.8) is 0 Å². The molecule has 3 rings (SSSR count). The molecule has 1 spiro atoms. The van der Waals surface area contributed by atoms with Crippen LogP contribution in [0.25, 0.3) is 0 Å². The van der Waals surface area contributed by atoms with Gasteiger partial charge in [0.15, 0.2) is 5.96 Å². The van der Waals surface area contributed by atoms with E-state index in [0.29, 0.717) is 4.75 Å². The fraction of sp³-hybridized carbons (Fsp3) is 0.778. The molecule has 0 atom stereocenters. The Hall–Kier alpha value is -1.17. The van der Waals surface area contributed by atoms with Gasteiger partial charge in [-0.05, 0) is 32.3 Å². The first-order chi connectivity index (χ1) is 11.8. The largest absolute Gasteiger partial charge is 0.357 e. The van der Waals surface area contributed by atoms with Gasteiger partial charge in [0.25, 0.3) is 0 Å². The molecule has 0 aromatic carbocycles. The molecule has 134 valence electrons. The summed E-state index contributed by atoms with van der Waals surface area (Å²) in [5.74, 6) is 2.35. The lowest BCUT2D eigenvalue weighted by Gasteiger charge is -2.45. The van der Waals surface area contributed by atoms with E-state index in [1.54, 1.807) is 0 Å². The predicted octanol–water partition coefficient (Wildman–Crippen LogP) is 2.99. The zero-order valence-corrected chi connectivity index (χ0v) is 15.7. The Morgan fingerprint density at radius 1 is 1.33 bits per heavy atom. The molecule has 1 aliphatic carbocycles. The van der Waals surface area contributed by atoms with Crippen molar-refractivity contribution in [3.8, 4) is 0 Å². The summed E-state index contributed by atoms with van der Waals surface area (Å²) in [6, 6.07) is 1.97. The smallest absolute Gasteiger partial charge is 0.193 e. The average Bonchev–Trinajstić information content (AvgIpc) is 3.12. The van der Waals surface area contributed by atoms with Gasteiger partial charge in [0.05, 0.1) is 0 Å². The number of thioether (sulfide) groups is 1. The summed E-state index contributed by atoms with van der Waals surface area (Å²) < 4.78 is 2.47. The van der Waals surface area contributed by atoms with Gasteiger partial charge in [0.1, 0.15) is 0 Å². The molecule has 1 saturated heterocycles. The third kappa shape index (κ3) is 4.68. The molecule has 0 unspecified atom stereocenters. The molecule has 24 heavy (non-hydrogen) atoms. The zero-order chi connectivity index (χ0) is 16.7. The van der Waals surface area contributed by atoms with Crippen molar-refractivity contribution in [1.82, 2.24) is 20.0 Å². The van der Waals surface area contributed by atoms with Crippen LogP contribution in [-0.4, -0.2) is 57.3 Å². The Labute approximate surface area is 150 Å². The van der Waals surface area contributed by atoms with Crippen LogP contribution in [-0.2, 0) is 6.54 Å². The minimum absolute atomic E-state index is 0.488. The number of nitrogens with zero attached hydrogens (tertiary/aromatic N) is 4. The van der Waals surface area contributed by atoms with Gasteiger partial charge in [-0.3, -0.25) is 9.67 Å². The number of hydrogen-bond acceptors (Lipinski definition) is 3. The van der Waals surface area contributed by atoms with Crippen molar-refractivity contribution in [2.45, 2.75) is 56.7 Å². The Bertz CT molecular complexity index is 502. The molecule has 6 heteroatoms. The van der Waals surface area contributed by atoms with E-state index in [0.717, 1.165) is 38.6 Å². The third-order valence-electron chi connectivity index (χ3n) is 5.01. The van der Waals surface area contributed by atoms with E-state index in [9.17, 15) is 0 Å². The lowest BCUT2D eigenvalue weighted by atomic mass is 9.87. The van der Waals surface area contributed by atoms with Crippen LogP contribution in [0.3, 0.4) is 0 Å². The standard InChI is InChI=1S/C18H31N5S/c1-2-19-17(20-10-6-12-23-13-7-11-21-23)22-14-15-24-18(16-22)8-4-3-5-9-18/h7,11,13H,2-6,8-10,12,14-16H2,1H3,(H,19,20). The summed E-state index contributed by atoms with van der Waals surface area (Å²) in [7, 11) is 0. The van der Waals surface area contributed by atoms with Crippen molar-refractivity contribution in [2.75, 3.05) is 31.9 Å². The molecule has 0 amide bonds. The van der Waals surface area contributed by atoms with Gasteiger partial charge < -0.3 is 10.2 Å². The number of rotatable bonds is 5. The first-order valence-corrected chi connectivity index (χ1v) is 10.4. The highest BCUT2D eigenvalue weighted by atomic mass is 32.2. The third-order valence-corrected chi connectivity index (χ3v) is 6.55. The van der Waals surface area contributed by atoms with Crippen LogP contribution >= 0.6 is 11.8 Å². The number of hydrogen-bond donors (Lipinski definition) is 1. The maximum Gasteiger partial charge on any atom is 0.193 e. The van der Waals surface area contributed by atoms with E-state index in [1.165, 1.54) is 44.4 Å². The second-order valence-electron chi connectivity index (χ2n) is 6.87. The Kier molecular flexibility index (Phi) is 6.46. The van der Waals surface area contributed by atoms with Crippen LogP contribution in [0.2, 0.25) is 0 Å². The molecule has 0 bridgehead atoms. The second kappa shape index (κ2) is 8.79. The Balaban J connectivity index is 1.55. The zero-order valence-electron chi connectivity index (χ0n) is 14.9. The highest BCUT2D eigenvalue weighted by Crippen LogP contribution is 2.42. The van der Waals surface area contributed by atoms with Crippen molar-refractivity contribution < 1.29 is 0 Å². The SMILES string of the molecule is CCNC(=NCCCn1cccn1)N1CCSC2(CCCCC2)C1. The van der Waals surface area contributed by atoms with Gasteiger partial charge in [-0.15, -0.1) is 0 Å². The molecule has 1 aliphatic heterocycles. The van der Waals surface area contributed by atoms with Crippen LogP contribution in [0.4, 0.5) is 0 Å². The maximum absolute atomic E-state index is 4.90. The topological polar surface area (TPSA) is 45.5 Å². The summed E-state index contributed by atoms with van der Waals surface area (Å²) in [5, 5.41) is 7.77. The highest BCUT2D eigenvalue weighted by Gasteiger charge is 2.38. The van der Waals surface area contributed by atoms with E-state index in [2.05, 4.69) is 34.0 Å². The van der Waals surface area contributed by atoms with Gasteiger partial charge in [0.2, 0.25) is 0 Å². The molecule has 2 heterocycles. The van der Waals surface area contributed by atoms with E-state index in [1.807, 2.05) is 23.1 Å². The lowest BCUT2D eigenvalue weighted by Crippen LogP contribution is -2.53. The normalized spacial score (nSPS) is 21.2. The first-order valence-electron chi connectivity index (χ1n) is 9.46. The summed E-state index contributed by atoms with van der Waals surface area (Å²) >= 11 is 2.22. The van der Waals surface area contributed by atoms with E-state index in [-0.39, 0.29) is 0 Å². The van der Waals surface area contributed by atoms with Crippen molar-refractivity contribution in [1.29, 1.82) is 0 Å². The maximum atomic E-state index is 4.90. The highest BCUT2D eigenvalue weighted by molar-refractivity contribution is 8.00. The summed E-state index contributed by atoms with van der Waals surface area (Å²) in [6.07, 6.45) is 11.9. The molecular weight excluding hydrogens is 318 g/mol. The number of nitrogens with one attached hydrogen (secondary N) is 1. The molecule has 0 radical (unpaired) electrons. The molecule has 2 aliphatic rings. The van der Waals surface area contributed by atoms with E-state index >= 15 is 0 Å². The van der Waals surface area contributed by atoms with Crippen LogP contribution in [0.1, 0.15) is 45.4 Å². The van der Waals surface area contributed by atoms with Crippen molar-refractivity contribution in [2.24, 2.45) is 4.99 Å². The van der Waals surface area contributed by atoms with E-state index in [4.69, 9.17) is 4.99 Å². The summed E-state index contributed by atoms with van der Waals surface area (Å²) in [4.78, 5) is 7.41. The average molecular weight is 350 g/mol. The first kappa shape index (κ1) is 17.6. The quantitative estimate of drug-likeness (QED) is 0.504. The van der Waals surface area contributed by atoms with Crippen molar-refractivity contribution >= 4 is 17.7 Å². The minimum atomic E-state index is 0.488. The summed E-state index contributed by atoms with van der Waals surface area (Å²) in [6.45, 7) is 7.19. The fourth-order valence-electron chi connectivity index (χ4n) is 3.80. The Morgan fingerprint density at radius 2 is 2.21 bits per heavy atom. The number of guanidine groups is 1. The van der Waals surface area contributed by atoms with Crippen LogP contribution in [0, 0.1) is 0 Å². The molecule has 1 aromatic rings. The summed E-state index contributed by atoms with van der Waals surface area (Å²) in [5.41, 5.74) is 0. The molecule has 1 N–H and O–H groups in total. The number of aliphatic imine (C=N–C) groups is 1. The van der Waals surface area contributed by atoms with Crippen LogP contribution in [0.15, 0.2) is 23.5 Å².